The van der Waals surface area contributed by atoms with Crippen LogP contribution in [0.1, 0.15) is 32.0 Å². The molecule has 2 amide bonds. The molecule has 0 saturated carbocycles. The molecule has 35 heavy (non-hydrogen) atoms. The van der Waals surface area contributed by atoms with Gasteiger partial charge in [0.15, 0.2) is 0 Å². The number of nitriles is 1. The van der Waals surface area contributed by atoms with Gasteiger partial charge >= 0.3 is 12.3 Å². The Morgan fingerprint density at radius 2 is 1.91 bits per heavy atom. The first-order chi connectivity index (χ1) is 16.7. The van der Waals surface area contributed by atoms with Crippen LogP contribution >= 0.6 is 0 Å². The Balaban J connectivity index is 1.57. The van der Waals surface area contributed by atoms with Crippen molar-refractivity contribution < 1.29 is 31.9 Å². The SMILES string of the molecule is COc1ccc(C(=O)Nc2cnn3c2C(=O)N(c2ccc(C(F)(F)C(F)F)cc2)CC3)cc1C#N. The van der Waals surface area contributed by atoms with E-state index in [1.165, 1.54) is 41.1 Å². The lowest BCUT2D eigenvalue weighted by Gasteiger charge is -2.28. The number of carbonyl (C=O) groups is 2. The average Bonchev–Trinajstić information content (AvgIpc) is 3.27. The molecule has 4 rings (SSSR count). The van der Waals surface area contributed by atoms with Gasteiger partial charge in [-0.2, -0.15) is 19.1 Å². The molecule has 1 aliphatic rings. The van der Waals surface area contributed by atoms with E-state index < -0.39 is 29.7 Å². The number of nitrogens with zero attached hydrogens (tertiary/aromatic N) is 4. The van der Waals surface area contributed by atoms with Crippen LogP contribution in [0.3, 0.4) is 0 Å². The molecule has 12 heteroatoms. The first-order valence-electron chi connectivity index (χ1n) is 10.2. The van der Waals surface area contributed by atoms with E-state index in [2.05, 4.69) is 10.4 Å². The Morgan fingerprint density at radius 3 is 2.54 bits per heavy atom. The predicted molar refractivity (Wildman–Crippen MR) is 116 cm³/mol. The summed E-state index contributed by atoms with van der Waals surface area (Å²) in [6.07, 6.45) is -2.56. The highest BCUT2D eigenvalue weighted by molar-refractivity contribution is 6.13. The van der Waals surface area contributed by atoms with Crippen LogP contribution in [0.25, 0.3) is 0 Å². The normalized spacial score (nSPS) is 13.4. The first kappa shape index (κ1) is 23.7. The van der Waals surface area contributed by atoms with Gasteiger partial charge in [0.05, 0.1) is 31.1 Å². The third-order valence-electron chi connectivity index (χ3n) is 5.49. The van der Waals surface area contributed by atoms with Crippen LogP contribution in [0, 0.1) is 11.3 Å². The van der Waals surface area contributed by atoms with Crippen molar-refractivity contribution in [1.29, 1.82) is 5.26 Å². The van der Waals surface area contributed by atoms with Gasteiger partial charge in [0, 0.05) is 23.4 Å². The number of amides is 2. The highest BCUT2D eigenvalue weighted by Gasteiger charge is 2.42. The highest BCUT2D eigenvalue weighted by Crippen LogP contribution is 2.36. The molecule has 1 aromatic heterocycles. The van der Waals surface area contributed by atoms with Gasteiger partial charge in [-0.15, -0.1) is 0 Å². The quantitative estimate of drug-likeness (QED) is 0.529. The molecule has 2 aromatic carbocycles. The lowest BCUT2D eigenvalue weighted by molar-refractivity contribution is -0.135. The number of halogens is 4. The summed E-state index contributed by atoms with van der Waals surface area (Å²) in [6, 6.07) is 10.2. The van der Waals surface area contributed by atoms with Crippen LogP contribution in [-0.4, -0.2) is 41.7 Å². The Morgan fingerprint density at radius 1 is 1.20 bits per heavy atom. The Labute approximate surface area is 196 Å². The fourth-order valence-corrected chi connectivity index (χ4v) is 3.66. The molecule has 1 N–H and O–H groups in total. The zero-order chi connectivity index (χ0) is 25.3. The molecule has 0 fully saturated rings. The molecule has 0 bridgehead atoms. The summed E-state index contributed by atoms with van der Waals surface area (Å²) in [5, 5.41) is 15.9. The third-order valence-corrected chi connectivity index (χ3v) is 5.49. The van der Waals surface area contributed by atoms with Gasteiger partial charge in [0.1, 0.15) is 17.5 Å². The van der Waals surface area contributed by atoms with Crippen LogP contribution in [0.2, 0.25) is 0 Å². The number of carbonyl (C=O) groups excluding carboxylic acids is 2. The van der Waals surface area contributed by atoms with Crippen molar-refractivity contribution >= 4 is 23.2 Å². The topological polar surface area (TPSA) is 100 Å². The standard InChI is InChI=1S/C23H17F4N5O3/c1-35-18-7-2-13(10-14(18)11-28)20(33)30-17-12-29-32-9-8-31(21(34)19(17)32)16-5-3-15(4-6-16)23(26,27)22(24)25/h2-7,10,12,22H,8-9H2,1H3,(H,30,33). The van der Waals surface area contributed by atoms with E-state index in [-0.39, 0.29) is 41.3 Å². The van der Waals surface area contributed by atoms with E-state index in [9.17, 15) is 32.4 Å². The van der Waals surface area contributed by atoms with Crippen molar-refractivity contribution in [3.63, 3.8) is 0 Å². The molecule has 8 nitrogen and oxygen atoms in total. The first-order valence-corrected chi connectivity index (χ1v) is 10.2. The number of alkyl halides is 4. The van der Waals surface area contributed by atoms with Crippen molar-refractivity contribution in [1.82, 2.24) is 9.78 Å². The molecule has 0 aliphatic carbocycles. The van der Waals surface area contributed by atoms with E-state index >= 15 is 0 Å². The summed E-state index contributed by atoms with van der Waals surface area (Å²) in [7, 11) is 1.39. The van der Waals surface area contributed by atoms with Gasteiger partial charge in [-0.1, -0.05) is 12.1 Å². The number of rotatable bonds is 6. The van der Waals surface area contributed by atoms with Crippen LogP contribution < -0.4 is 15.0 Å². The maximum atomic E-state index is 13.6. The van der Waals surface area contributed by atoms with Crippen LogP contribution in [0.5, 0.6) is 5.75 Å². The van der Waals surface area contributed by atoms with Gasteiger partial charge < -0.3 is 15.0 Å². The molecule has 0 radical (unpaired) electrons. The monoisotopic (exact) mass is 487 g/mol. The van der Waals surface area contributed by atoms with Gasteiger partial charge in [0.25, 0.3) is 11.8 Å². The van der Waals surface area contributed by atoms with Gasteiger partial charge in [-0.25, -0.2) is 8.78 Å². The summed E-state index contributed by atoms with van der Waals surface area (Å²) in [4.78, 5) is 27.2. The molecular weight excluding hydrogens is 470 g/mol. The van der Waals surface area contributed by atoms with E-state index in [1.54, 1.807) is 0 Å². The van der Waals surface area contributed by atoms with Gasteiger partial charge in [-0.05, 0) is 30.3 Å². The van der Waals surface area contributed by atoms with Crippen molar-refractivity contribution in [2.45, 2.75) is 18.9 Å². The molecule has 0 spiro atoms. The fourth-order valence-electron chi connectivity index (χ4n) is 3.66. The lowest BCUT2D eigenvalue weighted by Crippen LogP contribution is -2.41. The van der Waals surface area contributed by atoms with Crippen molar-refractivity contribution in [3.8, 4) is 11.8 Å². The minimum absolute atomic E-state index is 0.0561. The summed E-state index contributed by atoms with van der Waals surface area (Å²) in [5.41, 5.74) is -0.170. The smallest absolute Gasteiger partial charge is 0.332 e. The van der Waals surface area contributed by atoms with E-state index in [0.29, 0.717) is 5.75 Å². The molecule has 2 heterocycles. The Bertz CT molecular complexity index is 1330. The number of anilines is 2. The second-order valence-corrected chi connectivity index (χ2v) is 7.54. The maximum Gasteiger partial charge on any atom is 0.332 e. The summed E-state index contributed by atoms with van der Waals surface area (Å²) < 4.78 is 58.8. The molecule has 0 atom stereocenters. The molecule has 180 valence electrons. The Kier molecular flexibility index (Phi) is 6.17. The fraction of sp³-hybridized carbons (Fsp3) is 0.217. The van der Waals surface area contributed by atoms with E-state index in [0.717, 1.165) is 24.3 Å². The van der Waals surface area contributed by atoms with Crippen LogP contribution in [0.15, 0.2) is 48.7 Å². The van der Waals surface area contributed by atoms with E-state index in [1.807, 2.05) is 6.07 Å². The maximum absolute atomic E-state index is 13.6. The number of nitrogens with one attached hydrogen (secondary N) is 1. The van der Waals surface area contributed by atoms with Crippen molar-refractivity contribution in [3.05, 3.63) is 71.0 Å². The second-order valence-electron chi connectivity index (χ2n) is 7.54. The number of fused-ring (bicyclic) bond motifs is 1. The second kappa shape index (κ2) is 9.09. The molecular formula is C23H17F4N5O3. The summed E-state index contributed by atoms with van der Waals surface area (Å²) in [5.74, 6) is -5.17. The minimum Gasteiger partial charge on any atom is -0.495 e. The highest BCUT2D eigenvalue weighted by atomic mass is 19.3. The van der Waals surface area contributed by atoms with Crippen LogP contribution in [0.4, 0.5) is 28.9 Å². The summed E-state index contributed by atoms with van der Waals surface area (Å²) in [6.45, 7) is 0.391. The number of hydrogen-bond donors (Lipinski definition) is 1. The number of benzene rings is 2. The number of ether oxygens (including phenoxy) is 1. The summed E-state index contributed by atoms with van der Waals surface area (Å²) >= 11 is 0. The molecule has 3 aromatic rings. The van der Waals surface area contributed by atoms with Gasteiger partial charge in [-0.3, -0.25) is 14.3 Å². The number of hydrogen-bond acceptors (Lipinski definition) is 5. The zero-order valence-corrected chi connectivity index (χ0v) is 18.1. The number of aromatic nitrogens is 2. The molecule has 0 unspecified atom stereocenters. The zero-order valence-electron chi connectivity index (χ0n) is 18.1. The average molecular weight is 487 g/mol. The van der Waals surface area contributed by atoms with Crippen molar-refractivity contribution in [2.75, 3.05) is 23.9 Å². The Hall–Kier alpha value is -4.40. The van der Waals surface area contributed by atoms with Crippen LogP contribution in [-0.2, 0) is 12.5 Å². The third kappa shape index (κ3) is 4.28. The molecule has 1 aliphatic heterocycles. The largest absolute Gasteiger partial charge is 0.495 e. The van der Waals surface area contributed by atoms with E-state index in [4.69, 9.17) is 4.74 Å². The molecule has 0 saturated heterocycles. The van der Waals surface area contributed by atoms with Crippen molar-refractivity contribution in [2.24, 2.45) is 0 Å². The number of methoxy groups -OCH3 is 1. The lowest BCUT2D eigenvalue weighted by atomic mass is 10.1. The minimum atomic E-state index is -4.31. The predicted octanol–water partition coefficient (Wildman–Crippen LogP) is 4.03. The van der Waals surface area contributed by atoms with Gasteiger partial charge in [0.2, 0.25) is 0 Å².